The average Bonchev–Trinajstić information content (AvgIpc) is 3.12. The zero-order valence-electron chi connectivity index (χ0n) is 18.7. The topological polar surface area (TPSA) is 50.2 Å². The number of hydrogen-bond acceptors (Lipinski definition) is 5. The Morgan fingerprint density at radius 2 is 2.00 bits per heavy atom. The highest BCUT2D eigenvalue weighted by Crippen LogP contribution is 2.45. The molecule has 30 heavy (non-hydrogen) atoms. The Hall–Kier alpha value is -2.27. The van der Waals surface area contributed by atoms with Gasteiger partial charge in [-0.25, -0.2) is 9.97 Å². The number of nitrogens with zero attached hydrogens (tertiary/aromatic N) is 3. The van der Waals surface area contributed by atoms with E-state index in [0.717, 1.165) is 29.1 Å². The molecule has 3 aromatic rings. The lowest BCUT2D eigenvalue weighted by molar-refractivity contribution is 0.184. The molecule has 1 unspecified atom stereocenters. The normalized spacial score (nSPS) is 17.1. The molecule has 1 aliphatic carbocycles. The number of nitrogens with one attached hydrogen (secondary N) is 1. The summed E-state index contributed by atoms with van der Waals surface area (Å²) in [6, 6.07) is 8.56. The molecule has 1 aliphatic rings. The van der Waals surface area contributed by atoms with Crippen LogP contribution >= 0.6 is 11.3 Å². The molecule has 1 atom stereocenters. The Bertz CT molecular complexity index is 1050. The number of thiophene rings is 1. The van der Waals surface area contributed by atoms with E-state index in [4.69, 9.17) is 0 Å². The maximum atomic E-state index is 4.56. The summed E-state index contributed by atoms with van der Waals surface area (Å²) in [6.07, 6.45) is 8.23. The fraction of sp³-hybridized carbons (Fsp3) is 0.480. The van der Waals surface area contributed by atoms with Crippen molar-refractivity contribution in [2.75, 3.05) is 5.43 Å². The van der Waals surface area contributed by atoms with Gasteiger partial charge in [-0.1, -0.05) is 65.3 Å². The van der Waals surface area contributed by atoms with Crippen molar-refractivity contribution < 1.29 is 0 Å². The van der Waals surface area contributed by atoms with E-state index in [2.05, 4.69) is 79.4 Å². The smallest absolute Gasteiger partial charge is 0.158 e. The molecule has 2 heterocycles. The summed E-state index contributed by atoms with van der Waals surface area (Å²) in [5.74, 6) is 2.06. The third kappa shape index (κ3) is 4.13. The molecule has 4 rings (SSSR count). The predicted molar refractivity (Wildman–Crippen MR) is 129 cm³/mol. The van der Waals surface area contributed by atoms with Crippen LogP contribution in [0.4, 0.5) is 5.82 Å². The summed E-state index contributed by atoms with van der Waals surface area (Å²) in [5.41, 5.74) is 7.41. The van der Waals surface area contributed by atoms with E-state index in [0.29, 0.717) is 17.3 Å². The van der Waals surface area contributed by atoms with Crippen LogP contribution in [0.5, 0.6) is 0 Å². The van der Waals surface area contributed by atoms with Gasteiger partial charge in [0.1, 0.15) is 11.2 Å². The lowest BCUT2D eigenvalue weighted by atomic mass is 9.69. The van der Waals surface area contributed by atoms with Crippen LogP contribution in [0.3, 0.4) is 0 Å². The van der Waals surface area contributed by atoms with Gasteiger partial charge < -0.3 is 0 Å². The molecule has 1 N–H and O–H groups in total. The molecule has 0 amide bonds. The highest BCUT2D eigenvalue weighted by atomic mass is 32.1. The molecule has 5 heteroatoms. The first-order chi connectivity index (χ1) is 14.4. The summed E-state index contributed by atoms with van der Waals surface area (Å²) >= 11 is 1.83. The SMILES string of the molecule is CCC(C)(C)C1CCc2sc3ncnc(N/N=C\c4ccc(C(C)C)cc4)c3c2C1. The maximum Gasteiger partial charge on any atom is 0.158 e. The van der Waals surface area contributed by atoms with Crippen molar-refractivity contribution in [1.82, 2.24) is 9.97 Å². The van der Waals surface area contributed by atoms with Crippen molar-refractivity contribution in [2.45, 2.75) is 66.2 Å². The minimum absolute atomic E-state index is 0.357. The Balaban J connectivity index is 1.59. The van der Waals surface area contributed by atoms with Crippen molar-refractivity contribution in [2.24, 2.45) is 16.4 Å². The molecule has 1 aromatic carbocycles. The molecule has 0 bridgehead atoms. The summed E-state index contributed by atoms with van der Waals surface area (Å²) in [4.78, 5) is 11.6. The Labute approximate surface area is 183 Å². The minimum atomic E-state index is 0.357. The van der Waals surface area contributed by atoms with Crippen molar-refractivity contribution in [1.29, 1.82) is 0 Å². The van der Waals surface area contributed by atoms with Gasteiger partial charge in [0.25, 0.3) is 0 Å². The van der Waals surface area contributed by atoms with Gasteiger partial charge in [-0.15, -0.1) is 11.3 Å². The second-order valence-electron chi connectivity index (χ2n) is 9.38. The van der Waals surface area contributed by atoms with E-state index >= 15 is 0 Å². The van der Waals surface area contributed by atoms with Crippen LogP contribution in [0.1, 0.15) is 74.9 Å². The lowest BCUT2D eigenvalue weighted by Crippen LogP contribution is -2.28. The van der Waals surface area contributed by atoms with Crippen molar-refractivity contribution in [3.8, 4) is 0 Å². The van der Waals surface area contributed by atoms with Crippen molar-refractivity contribution >= 4 is 33.6 Å². The van der Waals surface area contributed by atoms with Gasteiger partial charge in [0, 0.05) is 4.88 Å². The zero-order chi connectivity index (χ0) is 21.3. The standard InChI is InChI=1S/C25H32N4S/c1-6-25(4,5)19-11-12-21-20(13-19)22-23(26-15-27-24(22)30-21)29-28-14-17-7-9-18(10-8-17)16(2)3/h7-10,14-16,19H,6,11-13H2,1-5H3,(H,26,27,29)/b28-14-. The predicted octanol–water partition coefficient (Wildman–Crippen LogP) is 6.80. The third-order valence-electron chi connectivity index (χ3n) is 6.84. The van der Waals surface area contributed by atoms with Crippen LogP contribution < -0.4 is 5.43 Å². The van der Waals surface area contributed by atoms with E-state index in [-0.39, 0.29) is 0 Å². The van der Waals surface area contributed by atoms with Gasteiger partial charge in [-0.3, -0.25) is 5.43 Å². The van der Waals surface area contributed by atoms with Crippen LogP contribution in [0.15, 0.2) is 35.7 Å². The van der Waals surface area contributed by atoms with Gasteiger partial charge in [-0.05, 0) is 53.2 Å². The summed E-state index contributed by atoms with van der Waals surface area (Å²) in [7, 11) is 0. The third-order valence-corrected chi connectivity index (χ3v) is 8.04. The molecular weight excluding hydrogens is 388 g/mol. The molecule has 0 spiro atoms. The molecule has 4 nitrogen and oxygen atoms in total. The second kappa shape index (κ2) is 8.46. The first-order valence-electron chi connectivity index (χ1n) is 11.0. The van der Waals surface area contributed by atoms with Crippen LogP contribution in [-0.2, 0) is 12.8 Å². The molecule has 0 radical (unpaired) electrons. The highest BCUT2D eigenvalue weighted by Gasteiger charge is 2.33. The number of anilines is 1. The van der Waals surface area contributed by atoms with E-state index in [1.807, 2.05) is 17.6 Å². The number of aromatic nitrogens is 2. The molecule has 158 valence electrons. The van der Waals surface area contributed by atoms with Crippen LogP contribution in [0.2, 0.25) is 0 Å². The fourth-order valence-corrected chi connectivity index (χ4v) is 5.47. The summed E-state index contributed by atoms with van der Waals surface area (Å²) in [5, 5.41) is 5.66. The maximum absolute atomic E-state index is 4.56. The van der Waals surface area contributed by atoms with Gasteiger partial charge in [0.05, 0.1) is 11.6 Å². The first kappa shape index (κ1) is 21.0. The summed E-state index contributed by atoms with van der Waals surface area (Å²) in [6.45, 7) is 11.5. The molecule has 0 fully saturated rings. The van der Waals surface area contributed by atoms with E-state index in [9.17, 15) is 0 Å². The number of hydrogen-bond donors (Lipinski definition) is 1. The lowest BCUT2D eigenvalue weighted by Gasteiger charge is -2.36. The molecule has 2 aromatic heterocycles. The highest BCUT2D eigenvalue weighted by molar-refractivity contribution is 7.19. The minimum Gasteiger partial charge on any atom is -0.261 e. The Morgan fingerprint density at radius 3 is 2.70 bits per heavy atom. The van der Waals surface area contributed by atoms with Gasteiger partial charge in [0.15, 0.2) is 5.82 Å². The Morgan fingerprint density at radius 1 is 1.23 bits per heavy atom. The van der Waals surface area contributed by atoms with E-state index in [1.165, 1.54) is 34.2 Å². The largest absolute Gasteiger partial charge is 0.261 e. The van der Waals surface area contributed by atoms with E-state index in [1.54, 1.807) is 6.33 Å². The average molecular weight is 421 g/mol. The Kier molecular flexibility index (Phi) is 5.92. The number of aryl methyl sites for hydroxylation is 1. The number of hydrazone groups is 1. The van der Waals surface area contributed by atoms with Crippen LogP contribution in [0, 0.1) is 11.3 Å². The van der Waals surface area contributed by atoms with Crippen molar-refractivity contribution in [3.05, 3.63) is 52.2 Å². The monoisotopic (exact) mass is 420 g/mol. The van der Waals surface area contributed by atoms with Gasteiger partial charge in [-0.2, -0.15) is 5.10 Å². The zero-order valence-corrected chi connectivity index (χ0v) is 19.5. The fourth-order valence-electron chi connectivity index (χ4n) is 4.28. The van der Waals surface area contributed by atoms with E-state index < -0.39 is 0 Å². The summed E-state index contributed by atoms with van der Waals surface area (Å²) < 4.78 is 0. The number of benzene rings is 1. The second-order valence-corrected chi connectivity index (χ2v) is 10.5. The van der Waals surface area contributed by atoms with Crippen molar-refractivity contribution in [3.63, 3.8) is 0 Å². The number of fused-ring (bicyclic) bond motifs is 3. The molecule has 0 saturated carbocycles. The quantitative estimate of drug-likeness (QED) is 0.352. The van der Waals surface area contributed by atoms with Gasteiger partial charge >= 0.3 is 0 Å². The van der Waals surface area contributed by atoms with Crippen LogP contribution in [-0.4, -0.2) is 16.2 Å². The van der Waals surface area contributed by atoms with Crippen LogP contribution in [0.25, 0.3) is 10.2 Å². The molecular formula is C25H32N4S. The number of rotatable bonds is 6. The molecule has 0 aliphatic heterocycles. The van der Waals surface area contributed by atoms with Gasteiger partial charge in [0.2, 0.25) is 0 Å². The first-order valence-corrected chi connectivity index (χ1v) is 11.8. The molecule has 0 saturated heterocycles.